The minimum atomic E-state index is -0.803. The molecule has 0 aliphatic rings. The summed E-state index contributed by atoms with van der Waals surface area (Å²) in [5.74, 6) is -0.500. The molecule has 0 bridgehead atoms. The van der Waals surface area contributed by atoms with Crippen molar-refractivity contribution in [1.29, 1.82) is 0 Å². The maximum atomic E-state index is 13.3. The highest BCUT2D eigenvalue weighted by Gasteiger charge is 2.17. The van der Waals surface area contributed by atoms with Crippen LogP contribution in [0.5, 0.6) is 5.75 Å². The van der Waals surface area contributed by atoms with Crippen molar-refractivity contribution in [3.8, 4) is 5.75 Å². The van der Waals surface area contributed by atoms with Gasteiger partial charge in [-0.1, -0.05) is 22.9 Å². The Balaban J connectivity index is 2.84. The molecule has 0 amide bonds. The molecule has 0 saturated heterocycles. The molecule has 0 aliphatic carbocycles. The van der Waals surface area contributed by atoms with Gasteiger partial charge in [-0.25, -0.2) is 4.39 Å². The topological polar surface area (TPSA) is 26.3 Å². The first-order valence-corrected chi connectivity index (χ1v) is 5.52. The number of benzene rings is 1. The maximum Gasteiger partial charge on any atom is 0.262 e. The van der Waals surface area contributed by atoms with Crippen molar-refractivity contribution in [2.75, 3.05) is 0 Å². The number of halogens is 3. The lowest BCUT2D eigenvalue weighted by Crippen LogP contribution is -2.22. The van der Waals surface area contributed by atoms with Crippen LogP contribution in [-0.4, -0.2) is 11.3 Å². The van der Waals surface area contributed by atoms with E-state index < -0.39 is 17.2 Å². The number of ether oxygens (including phenoxy) is 1. The Kier molecular flexibility index (Phi) is 4.54. The van der Waals surface area contributed by atoms with Crippen LogP contribution in [0.1, 0.15) is 13.3 Å². The van der Waals surface area contributed by atoms with Gasteiger partial charge in [0.05, 0.1) is 0 Å². The molecular formula is C10H9BrClFO2. The van der Waals surface area contributed by atoms with Crippen molar-refractivity contribution in [2.45, 2.75) is 19.4 Å². The SMILES string of the molecule is CCC(Oc1ccc(Br)cc1F)C(=O)Cl. The van der Waals surface area contributed by atoms with E-state index in [1.54, 1.807) is 13.0 Å². The lowest BCUT2D eigenvalue weighted by molar-refractivity contribution is -0.118. The summed E-state index contributed by atoms with van der Waals surface area (Å²) < 4.78 is 19.0. The van der Waals surface area contributed by atoms with Gasteiger partial charge in [0.2, 0.25) is 0 Å². The van der Waals surface area contributed by atoms with Crippen LogP contribution < -0.4 is 4.74 Å². The van der Waals surface area contributed by atoms with Crippen molar-refractivity contribution in [1.82, 2.24) is 0 Å². The molecule has 0 heterocycles. The van der Waals surface area contributed by atoms with E-state index in [9.17, 15) is 9.18 Å². The first-order chi connectivity index (χ1) is 7.04. The fourth-order valence-corrected chi connectivity index (χ4v) is 1.55. The Labute approximate surface area is 101 Å². The number of hydrogen-bond acceptors (Lipinski definition) is 2. The summed E-state index contributed by atoms with van der Waals surface area (Å²) in [6, 6.07) is 4.34. The Morgan fingerprint density at radius 3 is 2.80 bits per heavy atom. The Morgan fingerprint density at radius 1 is 1.67 bits per heavy atom. The van der Waals surface area contributed by atoms with Gasteiger partial charge in [-0.3, -0.25) is 4.79 Å². The molecule has 0 spiro atoms. The van der Waals surface area contributed by atoms with Gasteiger partial charge in [0.1, 0.15) is 0 Å². The minimum Gasteiger partial charge on any atom is -0.478 e. The standard InChI is InChI=1S/C10H9BrClFO2/c1-2-8(10(12)14)15-9-4-3-6(11)5-7(9)13/h3-5,8H,2H2,1H3. The Morgan fingerprint density at radius 2 is 2.33 bits per heavy atom. The van der Waals surface area contributed by atoms with Gasteiger partial charge in [0, 0.05) is 4.47 Å². The van der Waals surface area contributed by atoms with E-state index in [0.29, 0.717) is 10.9 Å². The van der Waals surface area contributed by atoms with Crippen molar-refractivity contribution >= 4 is 32.8 Å². The Bertz CT molecular complexity index is 370. The summed E-state index contributed by atoms with van der Waals surface area (Å²) in [5.41, 5.74) is 0. The summed E-state index contributed by atoms with van der Waals surface area (Å²) in [7, 11) is 0. The van der Waals surface area contributed by atoms with Crippen LogP contribution in [0.4, 0.5) is 4.39 Å². The van der Waals surface area contributed by atoms with Crippen molar-refractivity contribution in [3.63, 3.8) is 0 Å². The Hall–Kier alpha value is -0.610. The first kappa shape index (κ1) is 12.5. The van der Waals surface area contributed by atoms with Crippen molar-refractivity contribution < 1.29 is 13.9 Å². The molecule has 15 heavy (non-hydrogen) atoms. The fourth-order valence-electron chi connectivity index (χ4n) is 1.01. The molecule has 0 fully saturated rings. The zero-order valence-electron chi connectivity index (χ0n) is 7.97. The highest BCUT2D eigenvalue weighted by atomic mass is 79.9. The monoisotopic (exact) mass is 294 g/mol. The molecule has 1 rings (SSSR count). The quantitative estimate of drug-likeness (QED) is 0.795. The molecule has 0 aromatic heterocycles. The summed E-state index contributed by atoms with van der Waals surface area (Å²) in [5, 5.41) is -0.625. The van der Waals surface area contributed by atoms with Gasteiger partial charge in [-0.05, 0) is 36.2 Å². The van der Waals surface area contributed by atoms with E-state index >= 15 is 0 Å². The molecule has 0 radical (unpaired) electrons. The first-order valence-electron chi connectivity index (χ1n) is 4.35. The van der Waals surface area contributed by atoms with E-state index in [4.69, 9.17) is 16.3 Å². The molecule has 2 nitrogen and oxygen atoms in total. The van der Waals surface area contributed by atoms with E-state index in [-0.39, 0.29) is 5.75 Å². The summed E-state index contributed by atoms with van der Waals surface area (Å²) in [6.45, 7) is 1.74. The average molecular weight is 296 g/mol. The third-order valence-corrected chi connectivity index (χ3v) is 2.52. The highest BCUT2D eigenvalue weighted by Crippen LogP contribution is 2.23. The van der Waals surface area contributed by atoms with Crippen LogP contribution in [0.2, 0.25) is 0 Å². The predicted molar refractivity (Wildman–Crippen MR) is 59.7 cm³/mol. The van der Waals surface area contributed by atoms with Crippen molar-refractivity contribution in [2.24, 2.45) is 0 Å². The molecule has 1 aromatic rings. The molecule has 1 atom stereocenters. The van der Waals surface area contributed by atoms with Gasteiger partial charge >= 0.3 is 0 Å². The van der Waals surface area contributed by atoms with Gasteiger partial charge in [0.25, 0.3) is 5.24 Å². The number of hydrogen-bond donors (Lipinski definition) is 0. The number of rotatable bonds is 4. The molecule has 1 unspecified atom stereocenters. The average Bonchev–Trinajstić information content (AvgIpc) is 2.16. The molecule has 1 aromatic carbocycles. The zero-order valence-corrected chi connectivity index (χ0v) is 10.3. The van der Waals surface area contributed by atoms with E-state index in [1.807, 2.05) is 0 Å². The van der Waals surface area contributed by atoms with Crippen LogP contribution in [0.15, 0.2) is 22.7 Å². The van der Waals surface area contributed by atoms with Gasteiger partial charge in [-0.2, -0.15) is 0 Å². The second-order valence-electron chi connectivity index (χ2n) is 2.89. The zero-order chi connectivity index (χ0) is 11.4. The lowest BCUT2D eigenvalue weighted by atomic mass is 10.3. The highest BCUT2D eigenvalue weighted by molar-refractivity contribution is 9.10. The molecular weight excluding hydrogens is 286 g/mol. The minimum absolute atomic E-state index is 0.0269. The number of carbonyl (C=O) groups excluding carboxylic acids is 1. The normalized spacial score (nSPS) is 12.3. The summed E-state index contributed by atoms with van der Waals surface area (Å²) >= 11 is 8.40. The molecule has 0 N–H and O–H groups in total. The maximum absolute atomic E-state index is 13.3. The van der Waals surface area contributed by atoms with Crippen molar-refractivity contribution in [3.05, 3.63) is 28.5 Å². The van der Waals surface area contributed by atoms with Crippen LogP contribution in [0.25, 0.3) is 0 Å². The molecule has 82 valence electrons. The fraction of sp³-hybridized carbons (Fsp3) is 0.300. The molecule has 0 saturated carbocycles. The molecule has 0 aliphatic heterocycles. The van der Waals surface area contributed by atoms with Gasteiger partial charge in [0.15, 0.2) is 17.7 Å². The van der Waals surface area contributed by atoms with Crippen LogP contribution in [0.3, 0.4) is 0 Å². The largest absolute Gasteiger partial charge is 0.478 e. The third kappa shape index (κ3) is 3.47. The van der Waals surface area contributed by atoms with Crippen LogP contribution >= 0.6 is 27.5 Å². The second kappa shape index (κ2) is 5.47. The molecule has 5 heteroatoms. The second-order valence-corrected chi connectivity index (χ2v) is 4.18. The smallest absolute Gasteiger partial charge is 0.262 e. The number of carbonyl (C=O) groups is 1. The lowest BCUT2D eigenvalue weighted by Gasteiger charge is -2.13. The predicted octanol–water partition coefficient (Wildman–Crippen LogP) is 3.51. The van der Waals surface area contributed by atoms with E-state index in [0.717, 1.165) is 0 Å². The van der Waals surface area contributed by atoms with Crippen LogP contribution in [0, 0.1) is 5.82 Å². The van der Waals surface area contributed by atoms with Crippen LogP contribution in [-0.2, 0) is 4.79 Å². The third-order valence-electron chi connectivity index (χ3n) is 1.79. The van der Waals surface area contributed by atoms with Gasteiger partial charge < -0.3 is 4.74 Å². The van der Waals surface area contributed by atoms with Gasteiger partial charge in [-0.15, -0.1) is 0 Å². The summed E-state index contributed by atoms with van der Waals surface area (Å²) in [6.07, 6.45) is -0.403. The van der Waals surface area contributed by atoms with E-state index in [2.05, 4.69) is 15.9 Å². The van der Waals surface area contributed by atoms with E-state index in [1.165, 1.54) is 12.1 Å². The summed E-state index contributed by atoms with van der Waals surface area (Å²) in [4.78, 5) is 10.9.